The van der Waals surface area contributed by atoms with Crippen LogP contribution in [0, 0.1) is 13.8 Å². The Bertz CT molecular complexity index is 638. The van der Waals surface area contributed by atoms with Gasteiger partial charge in [-0.05, 0) is 44.0 Å². The summed E-state index contributed by atoms with van der Waals surface area (Å²) in [4.78, 5) is 34.0. The third-order valence-corrected chi connectivity index (χ3v) is 3.17. The highest BCUT2D eigenvalue weighted by atomic mass is 16.2. The second kappa shape index (κ2) is 8.67. The second-order valence-electron chi connectivity index (χ2n) is 5.37. The predicted molar refractivity (Wildman–Crippen MR) is 88.8 cm³/mol. The van der Waals surface area contributed by atoms with Gasteiger partial charge in [-0.2, -0.15) is 5.10 Å². The van der Waals surface area contributed by atoms with Crippen LogP contribution in [0.25, 0.3) is 0 Å². The average molecular weight is 318 g/mol. The van der Waals surface area contributed by atoms with Crippen molar-refractivity contribution in [3.8, 4) is 0 Å². The lowest BCUT2D eigenvalue weighted by Gasteiger charge is -2.07. The van der Waals surface area contributed by atoms with Crippen LogP contribution in [0.4, 0.5) is 5.69 Å². The monoisotopic (exact) mass is 318 g/mol. The van der Waals surface area contributed by atoms with Crippen LogP contribution in [0.1, 0.15) is 37.3 Å². The maximum absolute atomic E-state index is 11.8. The van der Waals surface area contributed by atoms with Gasteiger partial charge in [-0.15, -0.1) is 0 Å². The number of aryl methyl sites for hydroxylation is 2. The lowest BCUT2D eigenvalue weighted by Crippen LogP contribution is -2.23. The molecular weight excluding hydrogens is 296 g/mol. The van der Waals surface area contributed by atoms with Gasteiger partial charge in [0.25, 0.3) is 0 Å². The maximum atomic E-state index is 11.8. The van der Waals surface area contributed by atoms with Gasteiger partial charge in [-0.1, -0.05) is 6.07 Å². The molecule has 1 aromatic carbocycles. The number of rotatable bonds is 7. The molecule has 4 N–H and O–H groups in total. The number of hydrogen-bond donors (Lipinski definition) is 3. The molecule has 0 radical (unpaired) electrons. The standard InChI is InChI=1S/C16H22N4O3/c1-10-4-5-13(8-11(10)2)18-15(22)6-7-16(23)20-19-12(3)9-14(17)21/h4-5,8H,6-7,9H2,1-3H3,(H2,17,21)(H,18,22)(H,20,23)/b19-12+. The fraction of sp³-hybridized carbons (Fsp3) is 0.375. The summed E-state index contributed by atoms with van der Waals surface area (Å²) < 4.78 is 0. The third kappa shape index (κ3) is 7.21. The zero-order valence-corrected chi connectivity index (χ0v) is 13.6. The molecule has 0 spiro atoms. The van der Waals surface area contributed by atoms with Gasteiger partial charge in [0.15, 0.2) is 0 Å². The van der Waals surface area contributed by atoms with E-state index >= 15 is 0 Å². The molecule has 0 fully saturated rings. The highest BCUT2D eigenvalue weighted by Gasteiger charge is 2.08. The molecule has 0 saturated carbocycles. The number of hydrazone groups is 1. The molecular formula is C16H22N4O3. The number of primary amides is 1. The Hall–Kier alpha value is -2.70. The SMILES string of the molecule is C/C(CC(N)=O)=N\NC(=O)CCC(=O)Nc1ccc(C)c(C)c1. The molecule has 0 aromatic heterocycles. The van der Waals surface area contributed by atoms with Gasteiger partial charge in [0.1, 0.15) is 0 Å². The Balaban J connectivity index is 2.39. The van der Waals surface area contributed by atoms with Gasteiger partial charge in [0, 0.05) is 24.2 Å². The van der Waals surface area contributed by atoms with Gasteiger partial charge >= 0.3 is 0 Å². The molecule has 0 aliphatic heterocycles. The number of hydrogen-bond acceptors (Lipinski definition) is 4. The van der Waals surface area contributed by atoms with E-state index in [-0.39, 0.29) is 25.2 Å². The van der Waals surface area contributed by atoms with E-state index in [0.29, 0.717) is 11.4 Å². The lowest BCUT2D eigenvalue weighted by atomic mass is 10.1. The summed E-state index contributed by atoms with van der Waals surface area (Å²) in [7, 11) is 0. The number of benzene rings is 1. The van der Waals surface area contributed by atoms with Crippen LogP contribution in [-0.4, -0.2) is 23.4 Å². The number of anilines is 1. The van der Waals surface area contributed by atoms with Crippen molar-refractivity contribution < 1.29 is 14.4 Å². The van der Waals surface area contributed by atoms with Crippen LogP contribution >= 0.6 is 0 Å². The van der Waals surface area contributed by atoms with E-state index in [9.17, 15) is 14.4 Å². The molecule has 1 aromatic rings. The summed E-state index contributed by atoms with van der Waals surface area (Å²) in [5, 5.41) is 6.47. The number of carbonyl (C=O) groups excluding carboxylic acids is 3. The van der Waals surface area contributed by atoms with Crippen LogP contribution in [0.15, 0.2) is 23.3 Å². The Labute approximate surface area is 135 Å². The molecule has 3 amide bonds. The Morgan fingerprint density at radius 1 is 1.09 bits per heavy atom. The van der Waals surface area contributed by atoms with Crippen LogP contribution < -0.4 is 16.5 Å². The number of amides is 3. The van der Waals surface area contributed by atoms with Crippen molar-refractivity contribution >= 4 is 29.1 Å². The van der Waals surface area contributed by atoms with E-state index in [1.807, 2.05) is 32.0 Å². The minimum Gasteiger partial charge on any atom is -0.369 e. The number of carbonyl (C=O) groups is 3. The van der Waals surface area contributed by atoms with E-state index in [4.69, 9.17) is 5.73 Å². The second-order valence-corrected chi connectivity index (χ2v) is 5.37. The predicted octanol–water partition coefficient (Wildman–Crippen LogP) is 1.39. The molecule has 7 heteroatoms. The van der Waals surface area contributed by atoms with Crippen molar-refractivity contribution in [2.75, 3.05) is 5.32 Å². The van der Waals surface area contributed by atoms with Crippen molar-refractivity contribution in [1.82, 2.24) is 5.43 Å². The summed E-state index contributed by atoms with van der Waals surface area (Å²) in [6, 6.07) is 5.62. The van der Waals surface area contributed by atoms with Gasteiger partial charge in [0.05, 0.1) is 6.42 Å². The zero-order valence-electron chi connectivity index (χ0n) is 13.6. The highest BCUT2D eigenvalue weighted by molar-refractivity contribution is 5.99. The van der Waals surface area contributed by atoms with E-state index in [0.717, 1.165) is 11.1 Å². The fourth-order valence-electron chi connectivity index (χ4n) is 1.78. The number of nitrogens with zero attached hydrogens (tertiary/aromatic N) is 1. The molecule has 23 heavy (non-hydrogen) atoms. The lowest BCUT2D eigenvalue weighted by molar-refractivity contribution is -0.124. The first kappa shape index (κ1) is 18.3. The van der Waals surface area contributed by atoms with E-state index in [2.05, 4.69) is 15.8 Å². The molecule has 0 aliphatic rings. The van der Waals surface area contributed by atoms with E-state index < -0.39 is 11.8 Å². The fourth-order valence-corrected chi connectivity index (χ4v) is 1.78. The molecule has 0 atom stereocenters. The first-order valence-electron chi connectivity index (χ1n) is 7.25. The minimum absolute atomic E-state index is 0.00400. The summed E-state index contributed by atoms with van der Waals surface area (Å²) in [5.74, 6) is -1.17. The normalized spacial score (nSPS) is 11.0. The zero-order chi connectivity index (χ0) is 17.4. The summed E-state index contributed by atoms with van der Waals surface area (Å²) in [6.07, 6.45) is 0.0285. The molecule has 0 heterocycles. The molecule has 0 aliphatic carbocycles. The largest absolute Gasteiger partial charge is 0.369 e. The van der Waals surface area contributed by atoms with Crippen LogP contribution in [0.5, 0.6) is 0 Å². The number of nitrogens with two attached hydrogens (primary N) is 1. The Morgan fingerprint density at radius 3 is 2.35 bits per heavy atom. The van der Waals surface area contributed by atoms with Gasteiger partial charge < -0.3 is 11.1 Å². The quantitative estimate of drug-likeness (QED) is 0.521. The Kier molecular flexibility index (Phi) is 6.92. The Morgan fingerprint density at radius 2 is 1.74 bits per heavy atom. The topological polar surface area (TPSA) is 114 Å². The molecule has 124 valence electrons. The first-order chi connectivity index (χ1) is 10.8. The van der Waals surface area contributed by atoms with Crippen LogP contribution in [0.2, 0.25) is 0 Å². The van der Waals surface area contributed by atoms with Crippen LogP contribution in [0.3, 0.4) is 0 Å². The van der Waals surface area contributed by atoms with E-state index in [1.54, 1.807) is 6.92 Å². The minimum atomic E-state index is -0.520. The summed E-state index contributed by atoms with van der Waals surface area (Å²) >= 11 is 0. The highest BCUT2D eigenvalue weighted by Crippen LogP contribution is 2.14. The van der Waals surface area contributed by atoms with Gasteiger partial charge in [-0.25, -0.2) is 5.43 Å². The van der Waals surface area contributed by atoms with Crippen molar-refractivity contribution in [3.63, 3.8) is 0 Å². The molecule has 7 nitrogen and oxygen atoms in total. The van der Waals surface area contributed by atoms with Gasteiger partial charge in [-0.3, -0.25) is 14.4 Å². The van der Waals surface area contributed by atoms with Gasteiger partial charge in [0.2, 0.25) is 17.7 Å². The van der Waals surface area contributed by atoms with Crippen molar-refractivity contribution in [2.45, 2.75) is 40.0 Å². The average Bonchev–Trinajstić information content (AvgIpc) is 2.46. The van der Waals surface area contributed by atoms with E-state index in [1.165, 1.54) is 0 Å². The van der Waals surface area contributed by atoms with Crippen LogP contribution in [-0.2, 0) is 14.4 Å². The van der Waals surface area contributed by atoms with Crippen molar-refractivity contribution in [1.29, 1.82) is 0 Å². The van der Waals surface area contributed by atoms with Crippen molar-refractivity contribution in [2.24, 2.45) is 10.8 Å². The number of nitrogens with one attached hydrogen (secondary N) is 2. The summed E-state index contributed by atoms with van der Waals surface area (Å²) in [5.41, 5.74) is 10.6. The molecule has 0 unspecified atom stereocenters. The smallest absolute Gasteiger partial charge is 0.240 e. The van der Waals surface area contributed by atoms with Crippen molar-refractivity contribution in [3.05, 3.63) is 29.3 Å². The molecule has 1 rings (SSSR count). The molecule has 0 saturated heterocycles. The third-order valence-electron chi connectivity index (χ3n) is 3.17. The maximum Gasteiger partial charge on any atom is 0.240 e. The summed E-state index contributed by atoms with van der Waals surface area (Å²) in [6.45, 7) is 5.54. The first-order valence-corrected chi connectivity index (χ1v) is 7.25. The molecule has 0 bridgehead atoms.